The molecule has 0 saturated carbocycles. The SMILES string of the molecule is Cc1nc2cc(NC3CCSC3)ccc2o1. The lowest BCUT2D eigenvalue weighted by molar-refractivity contribution is 0.561. The molecule has 1 aromatic heterocycles. The first-order chi connectivity index (χ1) is 7.81. The minimum atomic E-state index is 0.607. The lowest BCUT2D eigenvalue weighted by atomic mass is 10.2. The highest BCUT2D eigenvalue weighted by molar-refractivity contribution is 7.99. The van der Waals surface area contributed by atoms with E-state index in [2.05, 4.69) is 22.4 Å². The van der Waals surface area contributed by atoms with Crippen LogP contribution in [0.25, 0.3) is 11.1 Å². The topological polar surface area (TPSA) is 38.1 Å². The first-order valence-corrected chi connectivity index (χ1v) is 6.68. The number of aromatic nitrogens is 1. The lowest BCUT2D eigenvalue weighted by Gasteiger charge is -2.12. The number of thioether (sulfide) groups is 1. The number of nitrogens with one attached hydrogen (secondary N) is 1. The predicted molar refractivity (Wildman–Crippen MR) is 68.1 cm³/mol. The van der Waals surface area contributed by atoms with E-state index >= 15 is 0 Å². The van der Waals surface area contributed by atoms with Gasteiger partial charge in [-0.05, 0) is 30.4 Å². The third-order valence-corrected chi connectivity index (χ3v) is 3.96. The van der Waals surface area contributed by atoms with Gasteiger partial charge in [0.15, 0.2) is 11.5 Å². The molecule has 2 heterocycles. The van der Waals surface area contributed by atoms with E-state index in [1.54, 1.807) is 0 Å². The van der Waals surface area contributed by atoms with Crippen molar-refractivity contribution in [3.63, 3.8) is 0 Å². The molecule has 1 fully saturated rings. The Hall–Kier alpha value is -1.16. The number of rotatable bonds is 2. The van der Waals surface area contributed by atoms with E-state index in [1.807, 2.05) is 24.8 Å². The van der Waals surface area contributed by atoms with E-state index in [1.165, 1.54) is 17.9 Å². The van der Waals surface area contributed by atoms with Gasteiger partial charge in [-0.3, -0.25) is 0 Å². The summed E-state index contributed by atoms with van der Waals surface area (Å²) in [5.41, 5.74) is 2.95. The van der Waals surface area contributed by atoms with E-state index in [9.17, 15) is 0 Å². The quantitative estimate of drug-likeness (QED) is 0.866. The molecule has 3 nitrogen and oxygen atoms in total. The number of aryl methyl sites for hydroxylation is 1. The maximum absolute atomic E-state index is 5.45. The van der Waals surface area contributed by atoms with Gasteiger partial charge >= 0.3 is 0 Å². The van der Waals surface area contributed by atoms with Crippen LogP contribution in [0, 0.1) is 6.92 Å². The minimum Gasteiger partial charge on any atom is -0.441 e. The Morgan fingerprint density at radius 3 is 3.25 bits per heavy atom. The molecule has 0 spiro atoms. The molecule has 2 aromatic rings. The summed E-state index contributed by atoms with van der Waals surface area (Å²) in [6, 6.07) is 6.72. The summed E-state index contributed by atoms with van der Waals surface area (Å²) < 4.78 is 5.45. The Labute approximate surface area is 98.6 Å². The molecule has 16 heavy (non-hydrogen) atoms. The first kappa shape index (κ1) is 10.0. The molecular weight excluding hydrogens is 220 g/mol. The molecular formula is C12H14N2OS. The Bertz CT molecular complexity index is 503. The van der Waals surface area contributed by atoms with E-state index in [4.69, 9.17) is 4.42 Å². The summed E-state index contributed by atoms with van der Waals surface area (Å²) in [6.07, 6.45) is 1.25. The summed E-state index contributed by atoms with van der Waals surface area (Å²) in [7, 11) is 0. The highest BCUT2D eigenvalue weighted by Crippen LogP contribution is 2.24. The molecule has 3 rings (SSSR count). The standard InChI is InChI=1S/C12H14N2OS/c1-8-13-11-6-9(2-3-12(11)15-8)14-10-4-5-16-7-10/h2-3,6,10,14H,4-5,7H2,1H3. The van der Waals surface area contributed by atoms with Gasteiger partial charge in [-0.2, -0.15) is 11.8 Å². The monoisotopic (exact) mass is 234 g/mol. The van der Waals surface area contributed by atoms with Crippen LogP contribution in [0.1, 0.15) is 12.3 Å². The van der Waals surface area contributed by atoms with Crippen molar-refractivity contribution in [1.29, 1.82) is 0 Å². The Kier molecular flexibility index (Phi) is 2.52. The third kappa shape index (κ3) is 1.89. The molecule has 84 valence electrons. The van der Waals surface area contributed by atoms with Gasteiger partial charge in [0.1, 0.15) is 5.52 Å². The molecule has 4 heteroatoms. The second kappa shape index (κ2) is 4.01. The number of hydrogen-bond acceptors (Lipinski definition) is 4. The fourth-order valence-corrected chi connectivity index (χ4v) is 3.17. The summed E-state index contributed by atoms with van der Waals surface area (Å²) in [5.74, 6) is 3.20. The van der Waals surface area contributed by atoms with Crippen LogP contribution in [0.4, 0.5) is 5.69 Å². The van der Waals surface area contributed by atoms with Crippen molar-refractivity contribution in [2.75, 3.05) is 16.8 Å². The van der Waals surface area contributed by atoms with Gasteiger partial charge in [0.2, 0.25) is 0 Å². The van der Waals surface area contributed by atoms with Gasteiger partial charge in [-0.1, -0.05) is 0 Å². The van der Waals surface area contributed by atoms with Crippen LogP contribution in [0.2, 0.25) is 0 Å². The number of anilines is 1. The van der Waals surface area contributed by atoms with Crippen molar-refractivity contribution < 1.29 is 4.42 Å². The van der Waals surface area contributed by atoms with Crippen molar-refractivity contribution in [2.45, 2.75) is 19.4 Å². The Balaban J connectivity index is 1.86. The average molecular weight is 234 g/mol. The molecule has 1 aliphatic heterocycles. The van der Waals surface area contributed by atoms with E-state index in [-0.39, 0.29) is 0 Å². The van der Waals surface area contributed by atoms with Crippen LogP contribution in [-0.2, 0) is 0 Å². The molecule has 1 aliphatic rings. The summed E-state index contributed by atoms with van der Waals surface area (Å²) >= 11 is 2.01. The maximum atomic E-state index is 5.45. The molecule has 0 amide bonds. The van der Waals surface area contributed by atoms with Crippen molar-refractivity contribution in [3.8, 4) is 0 Å². The second-order valence-corrected chi connectivity index (χ2v) is 5.27. The second-order valence-electron chi connectivity index (χ2n) is 4.12. The van der Waals surface area contributed by atoms with Crippen LogP contribution < -0.4 is 5.32 Å². The molecule has 1 aromatic carbocycles. The third-order valence-electron chi connectivity index (χ3n) is 2.79. The number of hydrogen-bond donors (Lipinski definition) is 1. The largest absolute Gasteiger partial charge is 0.441 e. The number of fused-ring (bicyclic) bond motifs is 1. The molecule has 1 atom stereocenters. The van der Waals surface area contributed by atoms with Gasteiger partial charge in [0.25, 0.3) is 0 Å². The number of nitrogens with zero attached hydrogens (tertiary/aromatic N) is 1. The van der Waals surface area contributed by atoms with Crippen molar-refractivity contribution >= 4 is 28.5 Å². The first-order valence-electron chi connectivity index (χ1n) is 5.53. The van der Waals surface area contributed by atoms with Crippen LogP contribution in [0.15, 0.2) is 22.6 Å². The zero-order valence-corrected chi connectivity index (χ0v) is 10.0. The van der Waals surface area contributed by atoms with Crippen molar-refractivity contribution in [3.05, 3.63) is 24.1 Å². The minimum absolute atomic E-state index is 0.607. The van der Waals surface area contributed by atoms with Crippen LogP contribution >= 0.6 is 11.8 Å². The zero-order valence-electron chi connectivity index (χ0n) is 9.19. The average Bonchev–Trinajstić information content (AvgIpc) is 2.85. The number of benzene rings is 1. The fraction of sp³-hybridized carbons (Fsp3) is 0.417. The highest BCUT2D eigenvalue weighted by atomic mass is 32.2. The van der Waals surface area contributed by atoms with Crippen LogP contribution in [-0.4, -0.2) is 22.5 Å². The van der Waals surface area contributed by atoms with Gasteiger partial charge in [-0.15, -0.1) is 0 Å². The smallest absolute Gasteiger partial charge is 0.192 e. The molecule has 0 radical (unpaired) electrons. The summed E-state index contributed by atoms with van der Waals surface area (Å²) in [4.78, 5) is 4.34. The summed E-state index contributed by atoms with van der Waals surface area (Å²) in [5, 5.41) is 3.54. The Morgan fingerprint density at radius 2 is 2.44 bits per heavy atom. The lowest BCUT2D eigenvalue weighted by Crippen LogP contribution is -2.17. The zero-order chi connectivity index (χ0) is 11.0. The van der Waals surface area contributed by atoms with E-state index < -0.39 is 0 Å². The number of oxazole rings is 1. The normalized spacial score (nSPS) is 20.4. The Morgan fingerprint density at radius 1 is 1.50 bits per heavy atom. The molecule has 0 aliphatic carbocycles. The molecule has 0 bridgehead atoms. The van der Waals surface area contributed by atoms with Crippen molar-refractivity contribution in [2.24, 2.45) is 0 Å². The maximum Gasteiger partial charge on any atom is 0.192 e. The van der Waals surface area contributed by atoms with Crippen LogP contribution in [0.5, 0.6) is 0 Å². The van der Waals surface area contributed by atoms with E-state index in [0.717, 1.165) is 22.7 Å². The van der Waals surface area contributed by atoms with Crippen LogP contribution in [0.3, 0.4) is 0 Å². The van der Waals surface area contributed by atoms with Gasteiger partial charge < -0.3 is 9.73 Å². The highest BCUT2D eigenvalue weighted by Gasteiger charge is 2.15. The van der Waals surface area contributed by atoms with Gasteiger partial charge in [0.05, 0.1) is 0 Å². The van der Waals surface area contributed by atoms with Gasteiger partial charge in [0, 0.05) is 24.4 Å². The molecule has 1 unspecified atom stereocenters. The van der Waals surface area contributed by atoms with Gasteiger partial charge in [-0.25, -0.2) is 4.98 Å². The predicted octanol–water partition coefficient (Wildman–Crippen LogP) is 3.05. The molecule has 1 saturated heterocycles. The summed E-state index contributed by atoms with van der Waals surface area (Å²) in [6.45, 7) is 1.88. The molecule has 1 N–H and O–H groups in total. The van der Waals surface area contributed by atoms with E-state index in [0.29, 0.717) is 6.04 Å². The fourth-order valence-electron chi connectivity index (χ4n) is 2.02. The van der Waals surface area contributed by atoms with Crippen molar-refractivity contribution in [1.82, 2.24) is 4.98 Å².